The van der Waals surface area contributed by atoms with Gasteiger partial charge in [0.25, 0.3) is 0 Å². The Hall–Kier alpha value is -1.53. The molecule has 102 valence electrons. The van der Waals surface area contributed by atoms with Gasteiger partial charge in [0.15, 0.2) is 0 Å². The highest BCUT2D eigenvalue weighted by atomic mass is 16.5. The lowest BCUT2D eigenvalue weighted by Gasteiger charge is -2.19. The number of benzene rings is 1. The van der Waals surface area contributed by atoms with Crippen LogP contribution in [0.25, 0.3) is 0 Å². The molecule has 1 saturated carbocycles. The first-order chi connectivity index (χ1) is 9.10. The van der Waals surface area contributed by atoms with Crippen molar-refractivity contribution in [3.05, 3.63) is 29.3 Å². The second-order valence-corrected chi connectivity index (χ2v) is 5.68. The van der Waals surface area contributed by atoms with E-state index in [4.69, 9.17) is 10.00 Å². The van der Waals surface area contributed by atoms with Gasteiger partial charge in [0.05, 0.1) is 12.7 Å². The minimum Gasteiger partial charge on any atom is -0.493 e. The van der Waals surface area contributed by atoms with Gasteiger partial charge in [0.1, 0.15) is 5.75 Å². The minimum absolute atomic E-state index is 0.125. The van der Waals surface area contributed by atoms with Crippen molar-refractivity contribution in [2.75, 3.05) is 13.7 Å². The molecule has 1 aromatic carbocycles. The summed E-state index contributed by atoms with van der Waals surface area (Å²) in [6, 6.07) is 8.82. The quantitative estimate of drug-likeness (QED) is 0.851. The molecule has 1 N–H and O–H groups in total. The molecule has 1 aliphatic carbocycles. The average Bonchev–Trinajstić information content (AvgIpc) is 3.17. The van der Waals surface area contributed by atoms with Crippen LogP contribution in [-0.2, 0) is 0 Å². The van der Waals surface area contributed by atoms with Crippen LogP contribution in [0.1, 0.15) is 43.4 Å². The van der Waals surface area contributed by atoms with Crippen LogP contribution in [0.3, 0.4) is 0 Å². The fraction of sp³-hybridized carbons (Fsp3) is 0.562. The van der Waals surface area contributed by atoms with E-state index in [1.54, 1.807) is 0 Å². The van der Waals surface area contributed by atoms with Gasteiger partial charge in [-0.2, -0.15) is 5.26 Å². The predicted octanol–water partition coefficient (Wildman–Crippen LogP) is 3.35. The monoisotopic (exact) mass is 258 g/mol. The van der Waals surface area contributed by atoms with E-state index in [2.05, 4.69) is 37.4 Å². The summed E-state index contributed by atoms with van der Waals surface area (Å²) in [5.74, 6) is 0.941. The Kier molecular flexibility index (Phi) is 4.11. The molecule has 0 aliphatic heterocycles. The molecule has 3 nitrogen and oxygen atoms in total. The number of ether oxygens (including phenoxy) is 1. The Morgan fingerprint density at radius 2 is 2.21 bits per heavy atom. The molecule has 19 heavy (non-hydrogen) atoms. The molecule has 3 heteroatoms. The van der Waals surface area contributed by atoms with Crippen LogP contribution in [0.15, 0.2) is 18.2 Å². The third kappa shape index (κ3) is 3.27. The van der Waals surface area contributed by atoms with Gasteiger partial charge in [-0.1, -0.05) is 17.7 Å². The number of nitriles is 1. The van der Waals surface area contributed by atoms with Gasteiger partial charge in [0.2, 0.25) is 0 Å². The van der Waals surface area contributed by atoms with Crippen molar-refractivity contribution < 1.29 is 4.74 Å². The Labute approximate surface area is 115 Å². The Morgan fingerprint density at radius 1 is 1.47 bits per heavy atom. The number of aryl methyl sites for hydroxylation is 1. The summed E-state index contributed by atoms with van der Waals surface area (Å²) >= 11 is 0. The van der Waals surface area contributed by atoms with Gasteiger partial charge in [-0.15, -0.1) is 0 Å². The maximum Gasteiger partial charge on any atom is 0.124 e. The first kappa shape index (κ1) is 13.9. The van der Waals surface area contributed by atoms with Crippen LogP contribution >= 0.6 is 0 Å². The standard InChI is InChI=1S/C16H22N2O/c1-12-4-5-15(14(10-12)13(2)18-3)19-11-16(6-7-16)8-9-17/h4-5,10,13,18H,6-8,11H2,1-3H3. The predicted molar refractivity (Wildman–Crippen MR) is 76.0 cm³/mol. The molecule has 0 amide bonds. The highest BCUT2D eigenvalue weighted by Gasteiger charge is 2.43. The average molecular weight is 258 g/mol. The number of rotatable bonds is 6. The largest absolute Gasteiger partial charge is 0.493 e. The van der Waals surface area contributed by atoms with Crippen LogP contribution in [0, 0.1) is 23.7 Å². The normalized spacial score (nSPS) is 17.6. The smallest absolute Gasteiger partial charge is 0.124 e. The molecular weight excluding hydrogens is 236 g/mol. The zero-order valence-corrected chi connectivity index (χ0v) is 12.0. The SMILES string of the molecule is CNC(C)c1cc(C)ccc1OCC1(CC#N)CC1. The van der Waals surface area contributed by atoms with E-state index < -0.39 is 0 Å². The van der Waals surface area contributed by atoms with Crippen LogP contribution in [0.4, 0.5) is 0 Å². The van der Waals surface area contributed by atoms with E-state index in [1.165, 1.54) is 11.1 Å². The zero-order valence-electron chi connectivity index (χ0n) is 12.0. The maximum absolute atomic E-state index is 8.84. The lowest BCUT2D eigenvalue weighted by Crippen LogP contribution is -2.17. The van der Waals surface area contributed by atoms with Crippen LogP contribution in [0.5, 0.6) is 5.75 Å². The third-order valence-electron chi connectivity index (χ3n) is 4.01. The first-order valence-corrected chi connectivity index (χ1v) is 6.88. The molecule has 1 aliphatic rings. The molecule has 0 aromatic heterocycles. The number of hydrogen-bond acceptors (Lipinski definition) is 3. The van der Waals surface area contributed by atoms with Gasteiger partial charge in [0, 0.05) is 23.4 Å². The van der Waals surface area contributed by atoms with Crippen LogP contribution in [-0.4, -0.2) is 13.7 Å². The topological polar surface area (TPSA) is 45.0 Å². The number of hydrogen-bond donors (Lipinski definition) is 1. The van der Waals surface area contributed by atoms with Crippen LogP contribution < -0.4 is 10.1 Å². The second-order valence-electron chi connectivity index (χ2n) is 5.68. The van der Waals surface area contributed by atoms with Crippen molar-refractivity contribution in [1.29, 1.82) is 5.26 Å². The van der Waals surface area contributed by atoms with Gasteiger partial charge in [-0.05, 0) is 39.8 Å². The molecule has 0 radical (unpaired) electrons. The van der Waals surface area contributed by atoms with Crippen molar-refractivity contribution in [2.45, 2.75) is 39.2 Å². The van der Waals surface area contributed by atoms with E-state index in [0.717, 1.165) is 18.6 Å². The molecule has 1 fully saturated rings. The Balaban J connectivity index is 2.10. The second kappa shape index (κ2) is 5.63. The summed E-state index contributed by atoms with van der Waals surface area (Å²) in [6.07, 6.45) is 2.84. The zero-order chi connectivity index (χ0) is 13.9. The molecule has 1 aromatic rings. The first-order valence-electron chi connectivity index (χ1n) is 6.88. The Morgan fingerprint density at radius 3 is 2.79 bits per heavy atom. The molecule has 0 saturated heterocycles. The minimum atomic E-state index is 0.125. The highest BCUT2D eigenvalue weighted by molar-refractivity contribution is 5.39. The number of nitrogens with one attached hydrogen (secondary N) is 1. The summed E-state index contributed by atoms with van der Waals surface area (Å²) in [5.41, 5.74) is 2.55. The van der Waals surface area contributed by atoms with Crippen molar-refractivity contribution in [2.24, 2.45) is 5.41 Å². The van der Waals surface area contributed by atoms with E-state index in [-0.39, 0.29) is 11.5 Å². The molecular formula is C16H22N2O. The van der Waals surface area contributed by atoms with Gasteiger partial charge < -0.3 is 10.1 Å². The Bertz CT molecular complexity index is 486. The molecule has 2 rings (SSSR count). The summed E-state index contributed by atoms with van der Waals surface area (Å²) < 4.78 is 6.00. The number of nitrogens with zero attached hydrogens (tertiary/aromatic N) is 1. The van der Waals surface area contributed by atoms with Crippen molar-refractivity contribution in [3.8, 4) is 11.8 Å². The molecule has 0 spiro atoms. The van der Waals surface area contributed by atoms with Gasteiger partial charge >= 0.3 is 0 Å². The lowest BCUT2D eigenvalue weighted by atomic mass is 10.0. The van der Waals surface area contributed by atoms with E-state index >= 15 is 0 Å². The fourth-order valence-corrected chi connectivity index (χ4v) is 2.24. The summed E-state index contributed by atoms with van der Waals surface area (Å²) in [5, 5.41) is 12.1. The molecule has 1 atom stereocenters. The molecule has 1 unspecified atom stereocenters. The van der Waals surface area contributed by atoms with Crippen molar-refractivity contribution >= 4 is 0 Å². The van der Waals surface area contributed by atoms with E-state index in [1.807, 2.05) is 13.1 Å². The summed E-state index contributed by atoms with van der Waals surface area (Å²) in [6.45, 7) is 4.88. The molecule has 0 bridgehead atoms. The van der Waals surface area contributed by atoms with E-state index in [0.29, 0.717) is 13.0 Å². The fourth-order valence-electron chi connectivity index (χ4n) is 2.24. The highest BCUT2D eigenvalue weighted by Crippen LogP contribution is 2.49. The summed E-state index contributed by atoms with van der Waals surface area (Å²) in [7, 11) is 1.95. The van der Waals surface area contributed by atoms with Gasteiger partial charge in [-0.3, -0.25) is 0 Å². The van der Waals surface area contributed by atoms with Gasteiger partial charge in [-0.25, -0.2) is 0 Å². The van der Waals surface area contributed by atoms with E-state index in [9.17, 15) is 0 Å². The lowest BCUT2D eigenvalue weighted by molar-refractivity contribution is 0.233. The van der Waals surface area contributed by atoms with Crippen LogP contribution in [0.2, 0.25) is 0 Å². The third-order valence-corrected chi connectivity index (χ3v) is 4.01. The molecule has 0 heterocycles. The maximum atomic E-state index is 8.84. The summed E-state index contributed by atoms with van der Waals surface area (Å²) in [4.78, 5) is 0. The van der Waals surface area contributed by atoms with Crippen molar-refractivity contribution in [3.63, 3.8) is 0 Å². The van der Waals surface area contributed by atoms with Crippen molar-refractivity contribution in [1.82, 2.24) is 5.32 Å².